The van der Waals surface area contributed by atoms with E-state index in [4.69, 9.17) is 9.47 Å². The molecular formula is C22H29NO3. The van der Waals surface area contributed by atoms with E-state index in [2.05, 4.69) is 5.32 Å². The molecule has 1 N–H and O–H groups in total. The Balaban J connectivity index is 2.03. The summed E-state index contributed by atoms with van der Waals surface area (Å²) < 4.78 is 11.6. The first-order chi connectivity index (χ1) is 12.5. The molecule has 0 bridgehead atoms. The molecule has 0 radical (unpaired) electrons. The molecule has 0 aliphatic heterocycles. The monoisotopic (exact) mass is 355 g/mol. The Morgan fingerprint density at radius 1 is 1.12 bits per heavy atom. The number of rotatable bonds is 9. The van der Waals surface area contributed by atoms with Crippen LogP contribution in [0, 0.1) is 6.92 Å². The number of hydrogen-bond donors (Lipinski definition) is 1. The smallest absolute Gasteiger partial charge is 0.256 e. The Labute approximate surface area is 156 Å². The summed E-state index contributed by atoms with van der Waals surface area (Å²) in [6.07, 6.45) is 1.57. The van der Waals surface area contributed by atoms with Gasteiger partial charge in [-0.05, 0) is 56.5 Å². The van der Waals surface area contributed by atoms with Crippen LogP contribution < -0.4 is 10.1 Å². The first-order valence-electron chi connectivity index (χ1n) is 9.21. The van der Waals surface area contributed by atoms with E-state index in [9.17, 15) is 4.79 Å². The fourth-order valence-corrected chi connectivity index (χ4v) is 2.93. The number of carbonyl (C=O) groups is 1. The lowest BCUT2D eigenvalue weighted by molar-refractivity contribution is -0.139. The van der Waals surface area contributed by atoms with Gasteiger partial charge in [0.1, 0.15) is 18.0 Å². The van der Waals surface area contributed by atoms with Crippen molar-refractivity contribution in [2.45, 2.75) is 52.7 Å². The van der Waals surface area contributed by atoms with Crippen molar-refractivity contribution in [1.29, 1.82) is 0 Å². The second-order valence-electron chi connectivity index (χ2n) is 6.62. The Kier molecular flexibility index (Phi) is 7.22. The van der Waals surface area contributed by atoms with E-state index in [1.165, 1.54) is 0 Å². The maximum atomic E-state index is 12.7. The van der Waals surface area contributed by atoms with Crippen LogP contribution in [0.2, 0.25) is 0 Å². The minimum atomic E-state index is -0.806. The average molecular weight is 355 g/mol. The molecule has 4 heteroatoms. The number of carbonyl (C=O) groups excluding carboxylic acids is 1. The van der Waals surface area contributed by atoms with Gasteiger partial charge in [0.2, 0.25) is 0 Å². The Morgan fingerprint density at radius 3 is 2.46 bits per heavy atom. The molecule has 0 spiro atoms. The molecule has 0 aliphatic rings. The highest BCUT2D eigenvalue weighted by Gasteiger charge is 2.32. The minimum Gasteiger partial charge on any atom is -0.489 e. The highest BCUT2D eigenvalue weighted by molar-refractivity contribution is 5.97. The van der Waals surface area contributed by atoms with Crippen molar-refractivity contribution in [2.75, 3.05) is 11.9 Å². The highest BCUT2D eigenvalue weighted by atomic mass is 16.5. The van der Waals surface area contributed by atoms with Crippen molar-refractivity contribution in [3.05, 3.63) is 59.7 Å². The third-order valence-electron chi connectivity index (χ3n) is 4.34. The van der Waals surface area contributed by atoms with Crippen LogP contribution in [0.5, 0.6) is 5.75 Å². The quantitative estimate of drug-likeness (QED) is 0.680. The zero-order valence-corrected chi connectivity index (χ0v) is 16.2. The number of benzene rings is 2. The second kappa shape index (κ2) is 9.39. The van der Waals surface area contributed by atoms with Gasteiger partial charge in [-0.2, -0.15) is 0 Å². The normalized spacial score (nSPS) is 13.1. The van der Waals surface area contributed by atoms with Crippen molar-refractivity contribution in [2.24, 2.45) is 0 Å². The molecule has 0 heterocycles. The van der Waals surface area contributed by atoms with Gasteiger partial charge in [-0.3, -0.25) is 4.79 Å². The zero-order chi connectivity index (χ0) is 19.0. The van der Waals surface area contributed by atoms with Crippen LogP contribution in [0.1, 0.15) is 44.7 Å². The van der Waals surface area contributed by atoms with Gasteiger partial charge in [0, 0.05) is 12.3 Å². The van der Waals surface area contributed by atoms with Crippen LogP contribution in [0.15, 0.2) is 48.5 Å². The third-order valence-corrected chi connectivity index (χ3v) is 4.34. The van der Waals surface area contributed by atoms with Crippen LogP contribution in [0.4, 0.5) is 5.69 Å². The van der Waals surface area contributed by atoms with E-state index in [-0.39, 0.29) is 5.91 Å². The second-order valence-corrected chi connectivity index (χ2v) is 6.62. The van der Waals surface area contributed by atoms with Gasteiger partial charge in [-0.1, -0.05) is 43.7 Å². The molecule has 1 atom stereocenters. The molecule has 140 valence electrons. The van der Waals surface area contributed by atoms with Crippen LogP contribution in [-0.4, -0.2) is 18.1 Å². The zero-order valence-electron chi connectivity index (χ0n) is 16.2. The van der Waals surface area contributed by atoms with E-state index >= 15 is 0 Å². The lowest BCUT2D eigenvalue weighted by Gasteiger charge is -2.28. The first kappa shape index (κ1) is 20.0. The average Bonchev–Trinajstić information content (AvgIpc) is 2.62. The molecule has 2 rings (SSSR count). The number of aryl methyl sites for hydroxylation is 1. The third kappa shape index (κ3) is 5.33. The molecule has 0 unspecified atom stereocenters. The summed E-state index contributed by atoms with van der Waals surface area (Å²) in [5.74, 6) is 0.700. The number of amides is 1. The topological polar surface area (TPSA) is 47.6 Å². The lowest BCUT2D eigenvalue weighted by Crippen LogP contribution is -2.42. The summed E-state index contributed by atoms with van der Waals surface area (Å²) in [6.45, 7) is 8.81. The Bertz CT molecular complexity index is 707. The van der Waals surface area contributed by atoms with Crippen molar-refractivity contribution in [3.8, 4) is 5.75 Å². The van der Waals surface area contributed by atoms with Crippen LogP contribution >= 0.6 is 0 Å². The van der Waals surface area contributed by atoms with Gasteiger partial charge >= 0.3 is 0 Å². The number of anilines is 1. The molecule has 0 aromatic heterocycles. The fraction of sp³-hybridized carbons (Fsp3) is 0.409. The summed E-state index contributed by atoms with van der Waals surface area (Å²) in [6, 6.07) is 15.7. The Morgan fingerprint density at radius 2 is 1.85 bits per heavy atom. The van der Waals surface area contributed by atoms with Gasteiger partial charge < -0.3 is 14.8 Å². The molecule has 2 aromatic carbocycles. The molecule has 0 saturated carbocycles. The van der Waals surface area contributed by atoms with Gasteiger partial charge in [-0.15, -0.1) is 0 Å². The van der Waals surface area contributed by atoms with E-state index in [1.54, 1.807) is 0 Å². The predicted molar refractivity (Wildman–Crippen MR) is 106 cm³/mol. The molecular weight excluding hydrogens is 326 g/mol. The molecule has 4 nitrogen and oxygen atoms in total. The maximum Gasteiger partial charge on any atom is 0.256 e. The van der Waals surface area contributed by atoms with E-state index in [0.29, 0.717) is 19.6 Å². The minimum absolute atomic E-state index is 0.112. The summed E-state index contributed by atoms with van der Waals surface area (Å²) in [7, 11) is 0. The van der Waals surface area contributed by atoms with Crippen molar-refractivity contribution >= 4 is 11.6 Å². The fourth-order valence-electron chi connectivity index (χ4n) is 2.93. The van der Waals surface area contributed by atoms with Crippen molar-refractivity contribution in [3.63, 3.8) is 0 Å². The van der Waals surface area contributed by atoms with Crippen LogP contribution in [-0.2, 0) is 16.1 Å². The van der Waals surface area contributed by atoms with Crippen LogP contribution in [0.25, 0.3) is 0 Å². The lowest BCUT2D eigenvalue weighted by atomic mass is 9.99. The number of ether oxygens (including phenoxy) is 2. The first-order valence-corrected chi connectivity index (χ1v) is 9.21. The SMILES string of the molecule is CCC[C@@](C)(OCC)C(=O)Nc1ccc(OCc2ccccc2)c(C)c1. The summed E-state index contributed by atoms with van der Waals surface area (Å²) in [4.78, 5) is 12.7. The standard InChI is InChI=1S/C22H29NO3/c1-5-14-22(4,26-6-2)21(24)23-19-12-13-20(17(3)15-19)25-16-18-10-8-7-9-11-18/h7-13,15H,5-6,14,16H2,1-4H3,(H,23,24)/t22-/m1/s1. The maximum absolute atomic E-state index is 12.7. The van der Waals surface area contributed by atoms with Crippen molar-refractivity contribution < 1.29 is 14.3 Å². The summed E-state index contributed by atoms with van der Waals surface area (Å²) >= 11 is 0. The van der Waals surface area contributed by atoms with Gasteiger partial charge in [0.05, 0.1) is 0 Å². The van der Waals surface area contributed by atoms with Gasteiger partial charge in [0.15, 0.2) is 0 Å². The summed E-state index contributed by atoms with van der Waals surface area (Å²) in [5.41, 5.74) is 2.05. The molecule has 0 saturated heterocycles. The van der Waals surface area contributed by atoms with E-state index in [0.717, 1.165) is 29.0 Å². The molecule has 1 amide bonds. The van der Waals surface area contributed by atoms with Gasteiger partial charge in [-0.25, -0.2) is 0 Å². The van der Waals surface area contributed by atoms with E-state index in [1.807, 2.05) is 76.2 Å². The van der Waals surface area contributed by atoms with Crippen molar-refractivity contribution in [1.82, 2.24) is 0 Å². The summed E-state index contributed by atoms with van der Waals surface area (Å²) in [5, 5.41) is 2.97. The molecule has 0 fully saturated rings. The Hall–Kier alpha value is -2.33. The largest absolute Gasteiger partial charge is 0.489 e. The molecule has 0 aliphatic carbocycles. The highest BCUT2D eigenvalue weighted by Crippen LogP contribution is 2.25. The molecule has 26 heavy (non-hydrogen) atoms. The molecule has 2 aromatic rings. The predicted octanol–water partition coefficient (Wildman–Crippen LogP) is 5.11. The van der Waals surface area contributed by atoms with E-state index < -0.39 is 5.60 Å². The van der Waals surface area contributed by atoms with Gasteiger partial charge in [0.25, 0.3) is 5.91 Å². The number of hydrogen-bond acceptors (Lipinski definition) is 3. The van der Waals surface area contributed by atoms with Crippen LogP contribution in [0.3, 0.4) is 0 Å². The number of nitrogens with one attached hydrogen (secondary N) is 1.